The van der Waals surface area contributed by atoms with Gasteiger partial charge in [-0.1, -0.05) is 41.0 Å². The molecule has 0 aliphatic carbocycles. The minimum Gasteiger partial charge on any atom is -0.390 e. The molecular weight excluding hydrogens is 160 g/mol. The third kappa shape index (κ3) is 3.68. The van der Waals surface area contributed by atoms with Gasteiger partial charge in [0.1, 0.15) is 0 Å². The molecule has 0 bridgehead atoms. The maximum Gasteiger partial charge on any atom is 0.0642 e. The molecule has 0 spiro atoms. The predicted octanol–water partition coefficient (Wildman–Crippen LogP) is 3.61. The predicted molar refractivity (Wildman–Crippen MR) is 58.8 cm³/mol. The maximum absolute atomic E-state index is 10.0. The second kappa shape index (κ2) is 3.61. The van der Waals surface area contributed by atoms with Gasteiger partial charge in [-0.05, 0) is 31.1 Å². The zero-order valence-electron chi connectivity index (χ0n) is 10.4. The third-order valence-electron chi connectivity index (χ3n) is 3.53. The molecule has 0 amide bonds. The van der Waals surface area contributed by atoms with E-state index in [0.29, 0.717) is 5.41 Å². The Morgan fingerprint density at radius 2 is 1.31 bits per heavy atom. The lowest BCUT2D eigenvalue weighted by molar-refractivity contribution is -0.0572. The molecule has 80 valence electrons. The molecule has 0 aromatic carbocycles. The van der Waals surface area contributed by atoms with Crippen LogP contribution in [-0.2, 0) is 0 Å². The molecule has 1 heteroatoms. The Morgan fingerprint density at radius 1 is 0.923 bits per heavy atom. The molecule has 1 nitrogen and oxygen atoms in total. The second-order valence-corrected chi connectivity index (χ2v) is 6.14. The highest BCUT2D eigenvalue weighted by atomic mass is 16.3. The Balaban J connectivity index is 4.52. The van der Waals surface area contributed by atoms with Crippen molar-refractivity contribution in [2.45, 2.75) is 66.9 Å². The van der Waals surface area contributed by atoms with E-state index in [9.17, 15) is 5.11 Å². The summed E-state index contributed by atoms with van der Waals surface area (Å²) in [4.78, 5) is 0. The van der Waals surface area contributed by atoms with Crippen molar-refractivity contribution in [3.63, 3.8) is 0 Å². The van der Waals surface area contributed by atoms with E-state index in [0.717, 1.165) is 12.8 Å². The Hall–Kier alpha value is -0.0400. The summed E-state index contributed by atoms with van der Waals surface area (Å²) in [5.41, 5.74) is -0.296. The first-order chi connectivity index (χ1) is 5.52. The quantitative estimate of drug-likeness (QED) is 0.711. The van der Waals surface area contributed by atoms with Crippen molar-refractivity contribution in [3.05, 3.63) is 0 Å². The van der Waals surface area contributed by atoms with Gasteiger partial charge in [-0.25, -0.2) is 0 Å². The lowest BCUT2D eigenvalue weighted by Gasteiger charge is -2.42. The largest absolute Gasteiger partial charge is 0.390 e. The van der Waals surface area contributed by atoms with Crippen LogP contribution in [0.15, 0.2) is 0 Å². The van der Waals surface area contributed by atoms with Gasteiger partial charge in [0.05, 0.1) is 5.60 Å². The Bertz CT molecular complexity index is 160. The van der Waals surface area contributed by atoms with Crippen LogP contribution in [0.2, 0.25) is 0 Å². The highest BCUT2D eigenvalue weighted by Crippen LogP contribution is 2.42. The van der Waals surface area contributed by atoms with Gasteiger partial charge in [0.2, 0.25) is 0 Å². The smallest absolute Gasteiger partial charge is 0.0642 e. The Kier molecular flexibility index (Phi) is 3.59. The van der Waals surface area contributed by atoms with E-state index in [1.54, 1.807) is 0 Å². The van der Waals surface area contributed by atoms with Gasteiger partial charge in [-0.2, -0.15) is 0 Å². The Labute approximate surface area is 83.5 Å². The average molecular weight is 186 g/mol. The maximum atomic E-state index is 10.0. The van der Waals surface area contributed by atoms with Gasteiger partial charge in [0.15, 0.2) is 0 Å². The molecule has 1 N–H and O–H groups in total. The number of hydrogen-bond acceptors (Lipinski definition) is 1. The van der Waals surface area contributed by atoms with Gasteiger partial charge in [0, 0.05) is 0 Å². The summed E-state index contributed by atoms with van der Waals surface area (Å²) in [6.45, 7) is 14.8. The number of aliphatic hydroxyl groups is 1. The molecule has 0 atom stereocenters. The van der Waals surface area contributed by atoms with Crippen LogP contribution in [0, 0.1) is 10.8 Å². The standard InChI is InChI=1S/C12H26O/c1-8-10(2,3)9-11(4,5)12(6,7)13/h13H,8-9H2,1-7H3. The van der Waals surface area contributed by atoms with Crippen molar-refractivity contribution in [1.29, 1.82) is 0 Å². The molecule has 0 aliphatic rings. The van der Waals surface area contributed by atoms with Crippen LogP contribution in [0.4, 0.5) is 0 Å². The van der Waals surface area contributed by atoms with Gasteiger partial charge < -0.3 is 5.11 Å². The summed E-state index contributed by atoms with van der Waals surface area (Å²) in [6.07, 6.45) is 2.21. The van der Waals surface area contributed by atoms with Gasteiger partial charge in [-0.15, -0.1) is 0 Å². The highest BCUT2D eigenvalue weighted by molar-refractivity contribution is 4.89. The summed E-state index contributed by atoms with van der Waals surface area (Å²) >= 11 is 0. The van der Waals surface area contributed by atoms with Crippen molar-refractivity contribution < 1.29 is 5.11 Å². The van der Waals surface area contributed by atoms with Gasteiger partial charge >= 0.3 is 0 Å². The van der Waals surface area contributed by atoms with E-state index >= 15 is 0 Å². The zero-order chi connectivity index (χ0) is 10.9. The van der Waals surface area contributed by atoms with E-state index in [-0.39, 0.29) is 5.41 Å². The highest BCUT2D eigenvalue weighted by Gasteiger charge is 2.38. The van der Waals surface area contributed by atoms with Crippen molar-refractivity contribution >= 4 is 0 Å². The molecule has 0 saturated heterocycles. The molecule has 0 heterocycles. The van der Waals surface area contributed by atoms with Crippen LogP contribution in [0.3, 0.4) is 0 Å². The fraction of sp³-hybridized carbons (Fsp3) is 1.00. The summed E-state index contributed by atoms with van der Waals surface area (Å²) in [6, 6.07) is 0. The molecule has 0 rings (SSSR count). The topological polar surface area (TPSA) is 20.2 Å². The first-order valence-electron chi connectivity index (χ1n) is 5.24. The van der Waals surface area contributed by atoms with E-state index in [2.05, 4.69) is 34.6 Å². The van der Waals surface area contributed by atoms with Crippen molar-refractivity contribution in [2.24, 2.45) is 10.8 Å². The zero-order valence-corrected chi connectivity index (χ0v) is 10.4. The van der Waals surface area contributed by atoms with Crippen molar-refractivity contribution in [1.82, 2.24) is 0 Å². The van der Waals surface area contributed by atoms with Crippen LogP contribution in [0.1, 0.15) is 61.3 Å². The molecule has 0 aromatic rings. The number of rotatable bonds is 4. The van der Waals surface area contributed by atoms with Crippen LogP contribution < -0.4 is 0 Å². The van der Waals surface area contributed by atoms with Crippen LogP contribution in [-0.4, -0.2) is 10.7 Å². The molecule has 0 unspecified atom stereocenters. The van der Waals surface area contributed by atoms with E-state index in [4.69, 9.17) is 0 Å². The summed E-state index contributed by atoms with van der Waals surface area (Å²) in [7, 11) is 0. The van der Waals surface area contributed by atoms with E-state index in [1.807, 2.05) is 13.8 Å². The minimum atomic E-state index is -0.598. The van der Waals surface area contributed by atoms with E-state index in [1.165, 1.54) is 0 Å². The monoisotopic (exact) mass is 186 g/mol. The van der Waals surface area contributed by atoms with E-state index < -0.39 is 5.60 Å². The normalized spacial score (nSPS) is 14.8. The minimum absolute atomic E-state index is 0.0213. The first kappa shape index (κ1) is 13.0. The molecule has 0 saturated carbocycles. The second-order valence-electron chi connectivity index (χ2n) is 6.14. The fourth-order valence-corrected chi connectivity index (χ4v) is 1.54. The summed E-state index contributed by atoms with van der Waals surface area (Å²) < 4.78 is 0. The number of hydrogen-bond donors (Lipinski definition) is 1. The lowest BCUT2D eigenvalue weighted by atomic mass is 9.66. The molecule has 0 fully saturated rings. The molecule has 0 radical (unpaired) electrons. The molecule has 0 aliphatic heterocycles. The van der Waals surface area contributed by atoms with Crippen molar-refractivity contribution in [3.8, 4) is 0 Å². The third-order valence-corrected chi connectivity index (χ3v) is 3.53. The summed E-state index contributed by atoms with van der Waals surface area (Å²) in [5.74, 6) is 0. The van der Waals surface area contributed by atoms with Crippen LogP contribution in [0.5, 0.6) is 0 Å². The van der Waals surface area contributed by atoms with Gasteiger partial charge in [0.25, 0.3) is 0 Å². The first-order valence-corrected chi connectivity index (χ1v) is 5.24. The average Bonchev–Trinajstić information content (AvgIpc) is 1.83. The fourth-order valence-electron chi connectivity index (χ4n) is 1.54. The van der Waals surface area contributed by atoms with Gasteiger partial charge in [-0.3, -0.25) is 0 Å². The Morgan fingerprint density at radius 3 is 1.54 bits per heavy atom. The lowest BCUT2D eigenvalue weighted by Crippen LogP contribution is -2.41. The molecule has 13 heavy (non-hydrogen) atoms. The van der Waals surface area contributed by atoms with Crippen molar-refractivity contribution in [2.75, 3.05) is 0 Å². The molecular formula is C12H26O. The summed E-state index contributed by atoms with van der Waals surface area (Å²) in [5, 5.41) is 10.0. The van der Waals surface area contributed by atoms with Crippen LogP contribution >= 0.6 is 0 Å². The van der Waals surface area contributed by atoms with Crippen LogP contribution in [0.25, 0.3) is 0 Å². The SMILES string of the molecule is CCC(C)(C)CC(C)(C)C(C)(C)O. The molecule has 0 aromatic heterocycles.